The van der Waals surface area contributed by atoms with Crippen LogP contribution in [0.4, 0.5) is 56.9 Å². The molecule has 10 nitrogen and oxygen atoms in total. The predicted molar refractivity (Wildman–Crippen MR) is 591 cm³/mol. The number of fused-ring (bicyclic) bond motifs is 26. The molecule has 0 radical (unpaired) electrons. The smallest absolute Gasteiger partial charge is 0.158 e. The summed E-state index contributed by atoms with van der Waals surface area (Å²) in [6.07, 6.45) is 11.6. The summed E-state index contributed by atoms with van der Waals surface area (Å²) in [5, 5.41) is 41.9. The Morgan fingerprint density at radius 1 is 0.221 bits per heavy atom. The van der Waals surface area contributed by atoms with Crippen LogP contribution in [0.15, 0.2) is 447 Å². The molecule has 1 saturated carbocycles. The van der Waals surface area contributed by atoms with Gasteiger partial charge in [0.2, 0.25) is 0 Å². The van der Waals surface area contributed by atoms with E-state index in [0.29, 0.717) is 5.92 Å². The highest BCUT2D eigenvalue weighted by Gasteiger charge is 2.24. The summed E-state index contributed by atoms with van der Waals surface area (Å²) in [4.78, 5) is 0. The Morgan fingerprint density at radius 3 is 1.05 bits per heavy atom. The second-order valence-electron chi connectivity index (χ2n) is 38.1. The van der Waals surface area contributed by atoms with Crippen LogP contribution in [0.5, 0.6) is 0 Å². The zero-order valence-electron chi connectivity index (χ0n) is 78.4. The molecular formula is C130H103N5O5. The summed E-state index contributed by atoms with van der Waals surface area (Å²) in [6, 6.07) is 148. The molecular weight excluding hydrogens is 1710 g/mol. The van der Waals surface area contributed by atoms with Crippen LogP contribution in [0.3, 0.4) is 0 Å². The SMILES string of the molecule is CC(C)(C)c1cccc(Nc2cccc3c2oc2ccc4ccccc4c23)c1.c1cc(Nc2cccc3c2oc2ccc4ccccc4c23)cc(C2CCCCC2)c1.c1cc2c(c(Nc3cccc4c3oc3ccc5ccccc5c34)c1)CCCC2.c1ccc(-c2ccc(Nc3cccc4c3oc3ccc5ccccc5c34)cc2)cc1.c1ccc(Nc2ccc3c(c2)oc2ccc4ccccc4c23)cc1. The van der Waals surface area contributed by atoms with Crippen molar-refractivity contribution in [2.24, 2.45) is 0 Å². The lowest BCUT2D eigenvalue weighted by Gasteiger charge is -2.22. The van der Waals surface area contributed by atoms with Crippen molar-refractivity contribution in [3.63, 3.8) is 0 Å². The molecule has 10 heteroatoms. The van der Waals surface area contributed by atoms with Crippen LogP contribution >= 0.6 is 0 Å². The lowest BCUT2D eigenvalue weighted by molar-refractivity contribution is 0.444. The van der Waals surface area contributed by atoms with Gasteiger partial charge in [0.05, 0.1) is 22.7 Å². The third kappa shape index (κ3) is 16.9. The van der Waals surface area contributed by atoms with Crippen LogP contribution in [0, 0.1) is 0 Å². The molecule has 140 heavy (non-hydrogen) atoms. The molecule has 26 aromatic rings. The van der Waals surface area contributed by atoms with Gasteiger partial charge in [0.15, 0.2) is 22.3 Å². The van der Waals surface area contributed by atoms with Gasteiger partial charge in [0.1, 0.15) is 33.5 Å². The van der Waals surface area contributed by atoms with Crippen LogP contribution in [-0.4, -0.2) is 0 Å². The fraction of sp³-hybridized carbons (Fsp3) is 0.108. The van der Waals surface area contributed by atoms with Gasteiger partial charge in [-0.1, -0.05) is 337 Å². The van der Waals surface area contributed by atoms with E-state index in [4.69, 9.17) is 22.1 Å². The monoisotopic (exact) mass is 1810 g/mol. The zero-order chi connectivity index (χ0) is 93.6. The highest BCUT2D eigenvalue weighted by Crippen LogP contribution is 2.47. The van der Waals surface area contributed by atoms with Crippen LogP contribution in [0.1, 0.15) is 93.9 Å². The highest BCUT2D eigenvalue weighted by molar-refractivity contribution is 6.25. The summed E-state index contributed by atoms with van der Waals surface area (Å²) >= 11 is 0. The van der Waals surface area contributed by atoms with E-state index in [-0.39, 0.29) is 5.41 Å². The fourth-order valence-electron chi connectivity index (χ4n) is 21.2. The van der Waals surface area contributed by atoms with E-state index in [9.17, 15) is 0 Å². The van der Waals surface area contributed by atoms with Gasteiger partial charge < -0.3 is 48.7 Å². The first-order chi connectivity index (χ1) is 69.0. The summed E-state index contributed by atoms with van der Waals surface area (Å²) in [7, 11) is 0. The number of hydrogen-bond acceptors (Lipinski definition) is 10. The van der Waals surface area contributed by atoms with Crippen molar-refractivity contribution in [2.75, 3.05) is 26.6 Å². The minimum Gasteiger partial charge on any atom is -0.456 e. The summed E-state index contributed by atoms with van der Waals surface area (Å²) < 4.78 is 31.4. The number of aryl methyl sites for hydroxylation is 1. The molecule has 5 aromatic heterocycles. The van der Waals surface area contributed by atoms with Crippen molar-refractivity contribution in [3.05, 3.63) is 447 Å². The molecule has 678 valence electrons. The van der Waals surface area contributed by atoms with E-state index >= 15 is 0 Å². The first-order valence-corrected chi connectivity index (χ1v) is 49.0. The normalized spacial score (nSPS) is 12.8. The van der Waals surface area contributed by atoms with E-state index < -0.39 is 0 Å². The standard InChI is InChI=1S/C28H25NO.C28H19NO.C26H21NO.C26H23NO.C22H15NO/c1-2-8-19(9-3-1)21-11-6-12-22(18-21)29-25-15-7-14-24-27-23-13-5-4-10-20(23)16-17-26(27)30-28(24)25;1-2-7-19(8-3-1)20-13-16-22(17-14-20)29-25-12-6-11-24-27-23-10-5-4-9-21(23)15-18-26(27)30-28(24)25;1-3-10-19-17(7-1)9-5-13-22(19)27-23-14-6-12-21-25-20-11-4-2-8-18(20)15-16-24(25)28-26(21)23;1-26(2,3)18-9-6-10-19(16-18)27-22-13-7-12-21-24-20-11-5-4-8-17(20)14-15-23(24)28-25(21)22;1-2-7-16(8-3-1)23-17-11-12-19-21(14-17)24-20-13-10-15-6-4-5-9-18(15)22(19)20/h4-7,10-19,29H,1-3,8-9H2;1-18,29H;2,4-6,8-9,11-16,27H,1,3,7,10H2;4-16,27H,1-3H3;1-14,23H. The number of benzene rings is 21. The molecule has 28 rings (SSSR count). The van der Waals surface area contributed by atoms with Gasteiger partial charge in [0.25, 0.3) is 0 Å². The Bertz CT molecular complexity index is 9150. The van der Waals surface area contributed by atoms with Gasteiger partial charge >= 0.3 is 0 Å². The van der Waals surface area contributed by atoms with Crippen LogP contribution in [0.2, 0.25) is 0 Å². The van der Waals surface area contributed by atoms with E-state index in [2.05, 4.69) is 448 Å². The average molecular weight is 1820 g/mol. The van der Waals surface area contributed by atoms with Crippen molar-refractivity contribution in [3.8, 4) is 11.1 Å². The Labute approximate surface area is 811 Å². The molecule has 0 amide bonds. The minimum atomic E-state index is 0.113. The number of nitrogens with one attached hydrogen (secondary N) is 5. The number of furan rings is 5. The fourth-order valence-corrected chi connectivity index (χ4v) is 21.2. The van der Waals surface area contributed by atoms with Crippen molar-refractivity contribution in [2.45, 2.75) is 89.9 Å². The summed E-state index contributed by atoms with van der Waals surface area (Å²) in [5.41, 5.74) is 28.0. The van der Waals surface area contributed by atoms with Gasteiger partial charge in [-0.05, 0) is 258 Å². The van der Waals surface area contributed by atoms with E-state index in [1.807, 2.05) is 24.3 Å². The van der Waals surface area contributed by atoms with Crippen LogP contribution in [-0.2, 0) is 18.3 Å². The predicted octanol–water partition coefficient (Wildman–Crippen LogP) is 38.3. The molecule has 2 aliphatic rings. The molecule has 0 unspecified atom stereocenters. The maximum absolute atomic E-state index is 6.35. The van der Waals surface area contributed by atoms with Gasteiger partial charge in [-0.2, -0.15) is 0 Å². The molecule has 21 aromatic carbocycles. The third-order valence-corrected chi connectivity index (χ3v) is 28.2. The number of rotatable bonds is 12. The first-order valence-electron chi connectivity index (χ1n) is 49.0. The third-order valence-electron chi connectivity index (χ3n) is 28.2. The van der Waals surface area contributed by atoms with Crippen LogP contribution < -0.4 is 26.6 Å². The zero-order valence-corrected chi connectivity index (χ0v) is 78.4. The molecule has 0 aliphatic heterocycles. The van der Waals surface area contributed by atoms with Gasteiger partial charge in [0, 0.05) is 94.1 Å². The van der Waals surface area contributed by atoms with Crippen molar-refractivity contribution >= 4 is 220 Å². The second kappa shape index (κ2) is 37.2. The van der Waals surface area contributed by atoms with Gasteiger partial charge in [-0.25, -0.2) is 0 Å². The van der Waals surface area contributed by atoms with Gasteiger partial charge in [-0.15, -0.1) is 0 Å². The Kier molecular flexibility index (Phi) is 22.8. The molecule has 0 saturated heterocycles. The minimum absolute atomic E-state index is 0.113. The van der Waals surface area contributed by atoms with E-state index in [0.717, 1.165) is 135 Å². The molecule has 0 bridgehead atoms. The summed E-state index contributed by atoms with van der Waals surface area (Å²) in [5.74, 6) is 0.703. The molecule has 2 aliphatic carbocycles. The highest BCUT2D eigenvalue weighted by atomic mass is 16.3. The second-order valence-corrected chi connectivity index (χ2v) is 38.1. The molecule has 0 spiro atoms. The molecule has 0 atom stereocenters. The number of anilines is 10. The maximum Gasteiger partial charge on any atom is 0.158 e. The van der Waals surface area contributed by atoms with Crippen LogP contribution in [0.25, 0.3) is 175 Å². The van der Waals surface area contributed by atoms with Crippen molar-refractivity contribution in [1.29, 1.82) is 0 Å². The Hall–Kier alpha value is -17.1. The van der Waals surface area contributed by atoms with Gasteiger partial charge in [-0.3, -0.25) is 0 Å². The van der Waals surface area contributed by atoms with Crippen molar-refractivity contribution in [1.82, 2.24) is 0 Å². The maximum atomic E-state index is 6.35. The largest absolute Gasteiger partial charge is 0.456 e. The topological polar surface area (TPSA) is 126 Å². The number of hydrogen-bond donors (Lipinski definition) is 5. The summed E-state index contributed by atoms with van der Waals surface area (Å²) in [6.45, 7) is 6.70. The Balaban J connectivity index is 0.0000000951. The molecule has 5 N–H and O–H groups in total. The van der Waals surface area contributed by atoms with E-state index in [1.165, 1.54) is 177 Å². The van der Waals surface area contributed by atoms with E-state index in [1.54, 1.807) is 0 Å². The van der Waals surface area contributed by atoms with Crippen molar-refractivity contribution < 1.29 is 22.1 Å². The quantitative estimate of drug-likeness (QED) is 0.0807. The first kappa shape index (κ1) is 85.8. The average Bonchev–Trinajstić information content (AvgIpc) is 1.59. The number of para-hydroxylation sites is 5. The lowest BCUT2D eigenvalue weighted by Crippen LogP contribution is -2.11. The molecule has 1 fully saturated rings. The Morgan fingerprint density at radius 2 is 0.571 bits per heavy atom. The lowest BCUT2D eigenvalue weighted by atomic mass is 9.84. The molecule has 5 heterocycles.